The highest BCUT2D eigenvalue weighted by atomic mass is 32.2. The van der Waals surface area contributed by atoms with Crippen LogP contribution in [0.4, 0.5) is 0 Å². The number of benzene rings is 1. The van der Waals surface area contributed by atoms with Gasteiger partial charge in [-0.3, -0.25) is 4.99 Å². The first kappa shape index (κ1) is 18.8. The number of nitrogens with zero attached hydrogens (tertiary/aromatic N) is 1. The van der Waals surface area contributed by atoms with Crippen LogP contribution in [0.5, 0.6) is 0 Å². The Morgan fingerprint density at radius 2 is 1.83 bits per heavy atom. The monoisotopic (exact) mass is 351 g/mol. The minimum Gasteiger partial charge on any atom is -0.356 e. The number of hydrogen-bond donors (Lipinski definition) is 2. The number of nitrogens with one attached hydrogen (secondary N) is 2. The summed E-state index contributed by atoms with van der Waals surface area (Å²) in [6.45, 7) is 1.45. The van der Waals surface area contributed by atoms with Crippen molar-refractivity contribution >= 4 is 15.8 Å². The molecule has 2 rings (SSSR count). The molecule has 1 fully saturated rings. The van der Waals surface area contributed by atoms with Crippen LogP contribution in [-0.2, 0) is 15.3 Å². The van der Waals surface area contributed by atoms with Gasteiger partial charge in [0.25, 0.3) is 0 Å². The molecule has 1 saturated carbocycles. The minimum absolute atomic E-state index is 0.172. The van der Waals surface area contributed by atoms with E-state index in [1.54, 1.807) is 7.05 Å². The predicted octanol–water partition coefficient (Wildman–Crippen LogP) is 2.10. The van der Waals surface area contributed by atoms with E-state index in [-0.39, 0.29) is 11.2 Å². The van der Waals surface area contributed by atoms with Gasteiger partial charge in [0.1, 0.15) is 9.84 Å². The molecule has 0 aromatic heterocycles. The largest absolute Gasteiger partial charge is 0.356 e. The van der Waals surface area contributed by atoms with Crippen molar-refractivity contribution in [2.45, 2.75) is 37.5 Å². The van der Waals surface area contributed by atoms with Crippen molar-refractivity contribution in [1.82, 2.24) is 10.6 Å². The zero-order chi connectivity index (χ0) is 17.5. The topological polar surface area (TPSA) is 70.6 Å². The SMILES string of the molecule is CN=C(NCCCS(C)(=O)=O)NCC1(c2ccccc2)CCCC1. The molecule has 0 spiro atoms. The molecule has 0 unspecified atom stereocenters. The molecule has 5 nitrogen and oxygen atoms in total. The van der Waals surface area contributed by atoms with Gasteiger partial charge in [0.2, 0.25) is 0 Å². The molecular formula is C18H29N3O2S. The maximum Gasteiger partial charge on any atom is 0.191 e. The average Bonchev–Trinajstić information content (AvgIpc) is 3.04. The van der Waals surface area contributed by atoms with Gasteiger partial charge in [-0.15, -0.1) is 0 Å². The molecule has 24 heavy (non-hydrogen) atoms. The van der Waals surface area contributed by atoms with Crippen LogP contribution in [0, 0.1) is 0 Å². The Morgan fingerprint density at radius 1 is 1.17 bits per heavy atom. The highest BCUT2D eigenvalue weighted by Crippen LogP contribution is 2.40. The minimum atomic E-state index is -2.90. The van der Waals surface area contributed by atoms with Gasteiger partial charge >= 0.3 is 0 Å². The first-order valence-corrected chi connectivity index (χ1v) is 10.7. The van der Waals surface area contributed by atoms with E-state index in [2.05, 4.69) is 46.0 Å². The molecule has 1 aliphatic rings. The maximum atomic E-state index is 11.2. The fraction of sp³-hybridized carbons (Fsp3) is 0.611. The van der Waals surface area contributed by atoms with Crippen LogP contribution in [0.15, 0.2) is 35.3 Å². The van der Waals surface area contributed by atoms with Gasteiger partial charge in [0.15, 0.2) is 5.96 Å². The van der Waals surface area contributed by atoms with Crippen LogP contribution >= 0.6 is 0 Å². The Kier molecular flexibility index (Phi) is 6.66. The van der Waals surface area contributed by atoms with E-state index in [1.807, 2.05) is 0 Å². The van der Waals surface area contributed by atoms with Gasteiger partial charge in [-0.25, -0.2) is 8.42 Å². The van der Waals surface area contributed by atoms with E-state index >= 15 is 0 Å². The molecule has 2 N–H and O–H groups in total. The van der Waals surface area contributed by atoms with Crippen LogP contribution in [0.1, 0.15) is 37.7 Å². The van der Waals surface area contributed by atoms with E-state index in [1.165, 1.54) is 37.5 Å². The van der Waals surface area contributed by atoms with Gasteiger partial charge in [-0.1, -0.05) is 43.2 Å². The van der Waals surface area contributed by atoms with Gasteiger partial charge in [-0.05, 0) is 24.8 Å². The van der Waals surface area contributed by atoms with Crippen molar-refractivity contribution in [3.63, 3.8) is 0 Å². The summed E-state index contributed by atoms with van der Waals surface area (Å²) >= 11 is 0. The third kappa shape index (κ3) is 5.51. The first-order chi connectivity index (χ1) is 11.5. The molecule has 1 aromatic carbocycles. The summed E-state index contributed by atoms with van der Waals surface area (Å²) in [5, 5.41) is 6.65. The molecule has 0 saturated heterocycles. The van der Waals surface area contributed by atoms with E-state index in [4.69, 9.17) is 0 Å². The summed E-state index contributed by atoms with van der Waals surface area (Å²) in [5.74, 6) is 0.941. The molecule has 0 radical (unpaired) electrons. The van der Waals surface area contributed by atoms with Gasteiger partial charge in [-0.2, -0.15) is 0 Å². The summed E-state index contributed by atoms with van der Waals surface area (Å²) in [4.78, 5) is 4.25. The molecule has 0 aliphatic heterocycles. The fourth-order valence-electron chi connectivity index (χ4n) is 3.43. The van der Waals surface area contributed by atoms with E-state index in [0.29, 0.717) is 13.0 Å². The molecular weight excluding hydrogens is 322 g/mol. The Hall–Kier alpha value is -1.56. The second kappa shape index (κ2) is 8.51. The fourth-order valence-corrected chi connectivity index (χ4v) is 4.09. The van der Waals surface area contributed by atoms with Crippen molar-refractivity contribution in [2.24, 2.45) is 4.99 Å². The summed E-state index contributed by atoms with van der Waals surface area (Å²) < 4.78 is 22.3. The normalized spacial score (nSPS) is 17.7. The van der Waals surface area contributed by atoms with E-state index in [9.17, 15) is 8.42 Å². The quantitative estimate of drug-likeness (QED) is 0.448. The summed E-state index contributed by atoms with van der Waals surface area (Å²) in [5.41, 5.74) is 1.56. The Balaban J connectivity index is 1.89. The van der Waals surface area contributed by atoms with Crippen molar-refractivity contribution in [3.8, 4) is 0 Å². The lowest BCUT2D eigenvalue weighted by atomic mass is 9.79. The zero-order valence-electron chi connectivity index (χ0n) is 14.7. The lowest BCUT2D eigenvalue weighted by Gasteiger charge is -2.30. The van der Waals surface area contributed by atoms with Crippen molar-refractivity contribution in [1.29, 1.82) is 0 Å². The van der Waals surface area contributed by atoms with E-state index < -0.39 is 9.84 Å². The molecule has 0 heterocycles. The van der Waals surface area contributed by atoms with Crippen molar-refractivity contribution in [3.05, 3.63) is 35.9 Å². The molecule has 0 amide bonds. The Morgan fingerprint density at radius 3 is 2.42 bits per heavy atom. The molecule has 6 heteroatoms. The third-order valence-corrected chi connectivity index (χ3v) is 5.78. The smallest absolute Gasteiger partial charge is 0.191 e. The molecule has 1 aromatic rings. The number of hydrogen-bond acceptors (Lipinski definition) is 3. The molecule has 0 bridgehead atoms. The van der Waals surface area contributed by atoms with Gasteiger partial charge in [0, 0.05) is 31.8 Å². The standard InChI is InChI=1S/C18H29N3O2S/c1-19-17(20-13-8-14-24(2,22)23)21-15-18(11-6-7-12-18)16-9-4-3-5-10-16/h3-5,9-10H,6-8,11-15H2,1-2H3,(H2,19,20,21). The molecule has 1 aliphatic carbocycles. The lowest BCUT2D eigenvalue weighted by Crippen LogP contribution is -2.45. The van der Waals surface area contributed by atoms with Crippen LogP contribution in [0.3, 0.4) is 0 Å². The summed E-state index contributed by atoms with van der Waals surface area (Å²) in [7, 11) is -1.15. The Bertz CT molecular complexity index is 635. The van der Waals surface area contributed by atoms with Crippen LogP contribution in [0.2, 0.25) is 0 Å². The Labute approximate surface area is 145 Å². The summed E-state index contributed by atoms with van der Waals surface area (Å²) in [6, 6.07) is 10.7. The maximum absolute atomic E-state index is 11.2. The predicted molar refractivity (Wildman–Crippen MR) is 100 cm³/mol. The van der Waals surface area contributed by atoms with Crippen LogP contribution < -0.4 is 10.6 Å². The lowest BCUT2D eigenvalue weighted by molar-refractivity contribution is 0.432. The van der Waals surface area contributed by atoms with Gasteiger partial charge in [0.05, 0.1) is 5.75 Å². The molecule has 0 atom stereocenters. The van der Waals surface area contributed by atoms with Gasteiger partial charge < -0.3 is 10.6 Å². The average molecular weight is 352 g/mol. The van der Waals surface area contributed by atoms with Crippen molar-refractivity contribution in [2.75, 3.05) is 32.1 Å². The molecule has 134 valence electrons. The number of rotatable bonds is 7. The van der Waals surface area contributed by atoms with Crippen LogP contribution in [-0.4, -0.2) is 46.5 Å². The number of guanidine groups is 1. The second-order valence-corrected chi connectivity index (χ2v) is 8.95. The number of aliphatic imine (C=N–C) groups is 1. The zero-order valence-corrected chi connectivity index (χ0v) is 15.5. The first-order valence-electron chi connectivity index (χ1n) is 8.63. The summed E-state index contributed by atoms with van der Waals surface area (Å²) in [6.07, 6.45) is 6.76. The van der Waals surface area contributed by atoms with E-state index in [0.717, 1.165) is 12.5 Å². The third-order valence-electron chi connectivity index (χ3n) is 4.75. The van der Waals surface area contributed by atoms with Crippen molar-refractivity contribution < 1.29 is 8.42 Å². The second-order valence-electron chi connectivity index (χ2n) is 6.69. The number of sulfone groups is 1. The highest BCUT2D eigenvalue weighted by Gasteiger charge is 2.35. The highest BCUT2D eigenvalue weighted by molar-refractivity contribution is 7.90. The van der Waals surface area contributed by atoms with Crippen LogP contribution in [0.25, 0.3) is 0 Å².